The SMILES string of the molecule is CNC(c1cnc2ccccc2c1)C1CCC(F)(F)CC1. The molecule has 1 aromatic carbocycles. The monoisotopic (exact) mass is 290 g/mol. The lowest BCUT2D eigenvalue weighted by Gasteiger charge is -2.33. The maximum atomic E-state index is 13.3. The van der Waals surface area contributed by atoms with E-state index >= 15 is 0 Å². The van der Waals surface area contributed by atoms with Crippen molar-refractivity contribution in [3.63, 3.8) is 0 Å². The Morgan fingerprint density at radius 3 is 2.67 bits per heavy atom. The Hall–Kier alpha value is -1.55. The van der Waals surface area contributed by atoms with E-state index in [1.807, 2.05) is 37.5 Å². The van der Waals surface area contributed by atoms with Crippen molar-refractivity contribution in [1.29, 1.82) is 0 Å². The summed E-state index contributed by atoms with van der Waals surface area (Å²) in [6.07, 6.45) is 2.99. The van der Waals surface area contributed by atoms with Crippen LogP contribution in [0.3, 0.4) is 0 Å². The third-order valence-corrected chi connectivity index (χ3v) is 4.51. The Kier molecular flexibility index (Phi) is 3.89. The van der Waals surface area contributed by atoms with Crippen molar-refractivity contribution in [2.45, 2.75) is 37.6 Å². The molecule has 0 spiro atoms. The number of alkyl halides is 2. The number of rotatable bonds is 3. The molecule has 1 unspecified atom stereocenters. The molecule has 1 N–H and O–H groups in total. The second kappa shape index (κ2) is 5.68. The van der Waals surface area contributed by atoms with Crippen LogP contribution in [0.4, 0.5) is 8.78 Å². The lowest BCUT2D eigenvalue weighted by molar-refractivity contribution is -0.0495. The normalized spacial score (nSPS) is 20.5. The summed E-state index contributed by atoms with van der Waals surface area (Å²) in [5.74, 6) is -2.23. The molecule has 1 heterocycles. The van der Waals surface area contributed by atoms with Gasteiger partial charge in [-0.2, -0.15) is 0 Å². The summed E-state index contributed by atoms with van der Waals surface area (Å²) >= 11 is 0. The zero-order valence-corrected chi connectivity index (χ0v) is 12.2. The van der Waals surface area contributed by atoms with Gasteiger partial charge in [-0.1, -0.05) is 18.2 Å². The minimum atomic E-state index is -2.48. The smallest absolute Gasteiger partial charge is 0.248 e. The number of aromatic nitrogens is 1. The van der Waals surface area contributed by atoms with Gasteiger partial charge in [0.15, 0.2) is 0 Å². The molecule has 0 radical (unpaired) electrons. The fourth-order valence-corrected chi connectivity index (χ4v) is 3.33. The van der Waals surface area contributed by atoms with E-state index < -0.39 is 5.92 Å². The molecule has 1 saturated carbocycles. The Morgan fingerprint density at radius 2 is 1.95 bits per heavy atom. The van der Waals surface area contributed by atoms with E-state index in [-0.39, 0.29) is 24.8 Å². The van der Waals surface area contributed by atoms with Gasteiger partial charge in [-0.05, 0) is 43.5 Å². The fraction of sp³-hybridized carbons (Fsp3) is 0.471. The van der Waals surface area contributed by atoms with Gasteiger partial charge in [-0.15, -0.1) is 0 Å². The van der Waals surface area contributed by atoms with Crippen LogP contribution < -0.4 is 5.32 Å². The molecule has 1 aliphatic carbocycles. The van der Waals surface area contributed by atoms with E-state index in [2.05, 4.69) is 16.4 Å². The number of benzene rings is 1. The standard InChI is InChI=1S/C17H20F2N2/c1-20-16(12-6-8-17(18,19)9-7-12)14-10-13-4-2-3-5-15(13)21-11-14/h2-5,10-12,16,20H,6-9H2,1H3. The summed E-state index contributed by atoms with van der Waals surface area (Å²) in [5.41, 5.74) is 2.05. The number of fused-ring (bicyclic) bond motifs is 1. The van der Waals surface area contributed by atoms with Crippen LogP contribution in [0.1, 0.15) is 37.3 Å². The summed E-state index contributed by atoms with van der Waals surface area (Å²) in [5, 5.41) is 4.39. The summed E-state index contributed by atoms with van der Waals surface area (Å²) in [4.78, 5) is 4.49. The Balaban J connectivity index is 1.84. The lowest BCUT2D eigenvalue weighted by Crippen LogP contribution is -2.32. The number of nitrogens with zero attached hydrogens (tertiary/aromatic N) is 1. The molecule has 1 aliphatic rings. The molecule has 2 aromatic rings. The first-order valence-corrected chi connectivity index (χ1v) is 7.49. The third-order valence-electron chi connectivity index (χ3n) is 4.51. The highest BCUT2D eigenvalue weighted by Gasteiger charge is 2.37. The third kappa shape index (κ3) is 3.05. The number of halogens is 2. The van der Waals surface area contributed by atoms with Crippen molar-refractivity contribution in [3.8, 4) is 0 Å². The van der Waals surface area contributed by atoms with Gasteiger partial charge in [-0.25, -0.2) is 8.78 Å². The second-order valence-corrected chi connectivity index (χ2v) is 5.92. The lowest BCUT2D eigenvalue weighted by atomic mass is 9.80. The zero-order chi connectivity index (χ0) is 14.9. The molecule has 2 nitrogen and oxygen atoms in total. The maximum Gasteiger partial charge on any atom is 0.248 e. The molecule has 3 rings (SSSR count). The Bertz CT molecular complexity index is 617. The van der Waals surface area contributed by atoms with Gasteiger partial charge in [0, 0.05) is 30.5 Å². The summed E-state index contributed by atoms with van der Waals surface area (Å²) in [7, 11) is 1.90. The highest BCUT2D eigenvalue weighted by Crippen LogP contribution is 2.41. The van der Waals surface area contributed by atoms with Gasteiger partial charge in [0.1, 0.15) is 0 Å². The van der Waals surface area contributed by atoms with Crippen LogP contribution in [0.5, 0.6) is 0 Å². The van der Waals surface area contributed by atoms with Crippen LogP contribution in [0.15, 0.2) is 36.5 Å². The van der Waals surface area contributed by atoms with Gasteiger partial charge in [0.25, 0.3) is 0 Å². The molecule has 0 saturated heterocycles. The molecule has 0 amide bonds. The van der Waals surface area contributed by atoms with E-state index in [0.29, 0.717) is 12.8 Å². The van der Waals surface area contributed by atoms with Gasteiger partial charge in [0.2, 0.25) is 5.92 Å². The van der Waals surface area contributed by atoms with Crippen LogP contribution in [0.2, 0.25) is 0 Å². The van der Waals surface area contributed by atoms with Crippen LogP contribution in [-0.4, -0.2) is 18.0 Å². The highest BCUT2D eigenvalue weighted by atomic mass is 19.3. The van der Waals surface area contributed by atoms with Crippen molar-refractivity contribution in [3.05, 3.63) is 42.1 Å². The molecule has 1 aromatic heterocycles. The first-order valence-electron chi connectivity index (χ1n) is 7.49. The summed E-state index contributed by atoms with van der Waals surface area (Å²) in [6, 6.07) is 10.2. The van der Waals surface area contributed by atoms with Crippen molar-refractivity contribution in [1.82, 2.24) is 10.3 Å². The van der Waals surface area contributed by atoms with E-state index in [9.17, 15) is 8.78 Å². The van der Waals surface area contributed by atoms with Gasteiger partial charge in [-0.3, -0.25) is 4.98 Å². The first kappa shape index (κ1) is 14.4. The Morgan fingerprint density at radius 1 is 1.24 bits per heavy atom. The topological polar surface area (TPSA) is 24.9 Å². The van der Waals surface area contributed by atoms with Crippen molar-refractivity contribution in [2.24, 2.45) is 5.92 Å². The van der Waals surface area contributed by atoms with Crippen LogP contribution in [0, 0.1) is 5.92 Å². The molecule has 0 bridgehead atoms. The highest BCUT2D eigenvalue weighted by molar-refractivity contribution is 5.78. The molecule has 1 atom stereocenters. The van der Waals surface area contributed by atoms with Crippen molar-refractivity contribution in [2.75, 3.05) is 7.05 Å². The number of pyridine rings is 1. The summed E-state index contributed by atoms with van der Waals surface area (Å²) in [6.45, 7) is 0. The fourth-order valence-electron chi connectivity index (χ4n) is 3.33. The van der Waals surface area contributed by atoms with Crippen molar-refractivity contribution >= 4 is 10.9 Å². The van der Waals surface area contributed by atoms with Crippen LogP contribution in [0.25, 0.3) is 10.9 Å². The van der Waals surface area contributed by atoms with E-state index in [1.54, 1.807) is 0 Å². The minimum absolute atomic E-state index is 0.00312. The Labute approximate surface area is 123 Å². The number of nitrogens with one attached hydrogen (secondary N) is 1. The molecule has 21 heavy (non-hydrogen) atoms. The van der Waals surface area contributed by atoms with Crippen LogP contribution >= 0.6 is 0 Å². The number of hydrogen-bond acceptors (Lipinski definition) is 2. The molecule has 0 aliphatic heterocycles. The largest absolute Gasteiger partial charge is 0.313 e. The number of para-hydroxylation sites is 1. The summed E-state index contributed by atoms with van der Waals surface area (Å²) < 4.78 is 26.6. The van der Waals surface area contributed by atoms with Gasteiger partial charge in [0.05, 0.1) is 5.52 Å². The van der Waals surface area contributed by atoms with Gasteiger partial charge < -0.3 is 5.32 Å². The molecule has 4 heteroatoms. The van der Waals surface area contributed by atoms with Gasteiger partial charge >= 0.3 is 0 Å². The molecule has 1 fully saturated rings. The quantitative estimate of drug-likeness (QED) is 0.910. The predicted octanol–water partition coefficient (Wildman–Crippen LogP) is 4.32. The maximum absolute atomic E-state index is 13.3. The molecule has 112 valence electrons. The first-order chi connectivity index (χ1) is 10.1. The molecular weight excluding hydrogens is 270 g/mol. The number of hydrogen-bond donors (Lipinski definition) is 1. The van der Waals surface area contributed by atoms with E-state index in [4.69, 9.17) is 0 Å². The minimum Gasteiger partial charge on any atom is -0.313 e. The average molecular weight is 290 g/mol. The predicted molar refractivity (Wildman–Crippen MR) is 80.4 cm³/mol. The average Bonchev–Trinajstić information content (AvgIpc) is 2.49. The van der Waals surface area contributed by atoms with Crippen molar-refractivity contribution < 1.29 is 8.78 Å². The van der Waals surface area contributed by atoms with E-state index in [1.165, 1.54) is 0 Å². The zero-order valence-electron chi connectivity index (χ0n) is 12.2. The van der Waals surface area contributed by atoms with Crippen LogP contribution in [-0.2, 0) is 0 Å². The second-order valence-electron chi connectivity index (χ2n) is 5.92. The molecular formula is C17H20F2N2. The van der Waals surface area contributed by atoms with E-state index in [0.717, 1.165) is 16.5 Å².